The van der Waals surface area contributed by atoms with Gasteiger partial charge in [0.2, 0.25) is 0 Å². The van der Waals surface area contributed by atoms with E-state index in [1.165, 1.54) is 6.92 Å². The van der Waals surface area contributed by atoms with Crippen LogP contribution in [0.3, 0.4) is 0 Å². The van der Waals surface area contributed by atoms with Gasteiger partial charge in [-0.25, -0.2) is 0 Å². The van der Waals surface area contributed by atoms with E-state index in [9.17, 15) is 14.5 Å². The van der Waals surface area contributed by atoms with Gasteiger partial charge in [-0.3, -0.25) is 9.36 Å². The first-order valence-corrected chi connectivity index (χ1v) is 8.51. The molecule has 5 nitrogen and oxygen atoms in total. The first-order valence-electron chi connectivity index (χ1n) is 6.78. The first kappa shape index (κ1) is 19.5. The van der Waals surface area contributed by atoms with Crippen LogP contribution in [0, 0.1) is 5.92 Å². The molecule has 20 heavy (non-hydrogen) atoms. The molecule has 2 atom stereocenters. The lowest BCUT2D eigenvalue weighted by atomic mass is 9.96. The lowest BCUT2D eigenvalue weighted by Gasteiger charge is -2.28. The minimum atomic E-state index is -3.46. The molecule has 0 radical (unpaired) electrons. The van der Waals surface area contributed by atoms with Gasteiger partial charge in [-0.2, -0.15) is 0 Å². The van der Waals surface area contributed by atoms with Gasteiger partial charge >= 0.3 is 7.60 Å². The van der Waals surface area contributed by atoms with Gasteiger partial charge in [0, 0.05) is 0 Å². The highest BCUT2D eigenvalue weighted by molar-refractivity contribution is 7.53. The fourth-order valence-electron chi connectivity index (χ4n) is 1.79. The van der Waals surface area contributed by atoms with E-state index in [-0.39, 0.29) is 24.2 Å². The maximum Gasteiger partial charge on any atom is 0.332 e. The first-order chi connectivity index (χ1) is 8.98. The van der Waals surface area contributed by atoms with Crippen LogP contribution in [0.2, 0.25) is 0 Å². The van der Waals surface area contributed by atoms with Crippen LogP contribution in [0.15, 0.2) is 12.2 Å². The number of Topliss-reactive ketones (excluding diaryl/α,β-unsaturated/α-hetero) is 1. The molecule has 0 saturated carbocycles. The summed E-state index contributed by atoms with van der Waals surface area (Å²) in [6.07, 6.45) is -1.79. The summed E-state index contributed by atoms with van der Waals surface area (Å²) >= 11 is 0. The second-order valence-electron chi connectivity index (χ2n) is 5.61. The highest BCUT2D eigenvalue weighted by Crippen LogP contribution is 2.52. The summed E-state index contributed by atoms with van der Waals surface area (Å²) in [7, 11) is -3.46. The van der Waals surface area contributed by atoms with Crippen LogP contribution in [0.1, 0.15) is 41.5 Å². The third-order valence-corrected chi connectivity index (χ3v) is 4.90. The summed E-state index contributed by atoms with van der Waals surface area (Å²) in [6.45, 7) is 13.6. The van der Waals surface area contributed by atoms with Crippen LogP contribution in [0.5, 0.6) is 0 Å². The number of aliphatic hydroxyl groups is 1. The molecule has 0 unspecified atom stereocenters. The third kappa shape index (κ3) is 6.80. The largest absolute Gasteiger partial charge is 0.388 e. The van der Waals surface area contributed by atoms with Crippen molar-refractivity contribution in [2.75, 3.05) is 6.16 Å². The van der Waals surface area contributed by atoms with Gasteiger partial charge < -0.3 is 14.2 Å². The fraction of sp³-hybridized carbons (Fsp3) is 0.786. The Morgan fingerprint density at radius 2 is 1.55 bits per heavy atom. The van der Waals surface area contributed by atoms with Gasteiger partial charge in [0.25, 0.3) is 0 Å². The molecule has 0 bridgehead atoms. The molecule has 0 aromatic rings. The highest BCUT2D eigenvalue weighted by Gasteiger charge is 2.37. The normalized spacial score (nSPS) is 15.4. The SMILES string of the molecule is C=C(C)[C@H](O)[C@H](CP(=O)(OC(C)C)OC(C)C)C(C)=O. The summed E-state index contributed by atoms with van der Waals surface area (Å²) in [6, 6.07) is 0. The molecular weight excluding hydrogens is 279 g/mol. The number of hydrogen-bond donors (Lipinski definition) is 1. The van der Waals surface area contributed by atoms with E-state index in [4.69, 9.17) is 9.05 Å². The Balaban J connectivity index is 5.23. The number of carbonyl (C=O) groups is 1. The minimum absolute atomic E-state index is 0.146. The average Bonchev–Trinajstić information content (AvgIpc) is 2.21. The van der Waals surface area contributed by atoms with Gasteiger partial charge in [-0.15, -0.1) is 0 Å². The zero-order chi connectivity index (χ0) is 16.1. The van der Waals surface area contributed by atoms with Crippen LogP contribution >= 0.6 is 7.60 Å². The van der Waals surface area contributed by atoms with E-state index in [2.05, 4.69) is 6.58 Å². The van der Waals surface area contributed by atoms with Crippen molar-refractivity contribution in [3.05, 3.63) is 12.2 Å². The van der Waals surface area contributed by atoms with Gasteiger partial charge in [-0.1, -0.05) is 12.2 Å². The second kappa shape index (κ2) is 8.08. The Morgan fingerprint density at radius 1 is 1.15 bits per heavy atom. The molecule has 118 valence electrons. The van der Waals surface area contributed by atoms with Crippen LogP contribution in [-0.2, 0) is 18.4 Å². The molecule has 0 amide bonds. The monoisotopic (exact) mass is 306 g/mol. The fourth-order valence-corrected chi connectivity index (χ4v) is 4.23. The van der Waals surface area contributed by atoms with Crippen molar-refractivity contribution in [1.29, 1.82) is 0 Å². The summed E-state index contributed by atoms with van der Waals surface area (Å²) in [5.41, 5.74) is 0.450. The third-order valence-electron chi connectivity index (χ3n) is 2.57. The van der Waals surface area contributed by atoms with Crippen LogP contribution < -0.4 is 0 Å². The average molecular weight is 306 g/mol. The molecule has 0 aromatic carbocycles. The highest BCUT2D eigenvalue weighted by atomic mass is 31.2. The van der Waals surface area contributed by atoms with Crippen LogP contribution in [0.25, 0.3) is 0 Å². The Kier molecular flexibility index (Phi) is 7.89. The molecule has 1 N–H and O–H groups in total. The molecule has 0 fully saturated rings. The Morgan fingerprint density at radius 3 is 1.80 bits per heavy atom. The standard InChI is InChI=1S/C14H27O5P/c1-9(2)14(16)13(12(7)15)8-20(17,18-10(3)4)19-11(5)6/h10-11,13-14,16H,1,8H2,2-7H3/t13-,14+/m1/s1. The van der Waals surface area contributed by atoms with E-state index in [1.807, 2.05) is 0 Å². The molecule has 0 rings (SSSR count). The summed E-state index contributed by atoms with van der Waals surface area (Å²) in [4.78, 5) is 11.7. The number of rotatable bonds is 9. The summed E-state index contributed by atoms with van der Waals surface area (Å²) in [5, 5.41) is 10.0. The maximum atomic E-state index is 12.7. The Hall–Kier alpha value is -0.480. The second-order valence-corrected chi connectivity index (χ2v) is 7.62. The molecule has 0 heterocycles. The molecule has 0 aromatic heterocycles. The summed E-state index contributed by atoms with van der Waals surface area (Å²) in [5.74, 6) is -1.10. The van der Waals surface area contributed by atoms with Gasteiger partial charge in [0.05, 0.1) is 30.4 Å². The minimum Gasteiger partial charge on any atom is -0.388 e. The lowest BCUT2D eigenvalue weighted by Crippen LogP contribution is -2.31. The van der Waals surface area contributed by atoms with E-state index >= 15 is 0 Å². The van der Waals surface area contributed by atoms with Gasteiger partial charge in [0.1, 0.15) is 5.78 Å². The number of aliphatic hydroxyl groups excluding tert-OH is 1. The zero-order valence-corrected chi connectivity index (χ0v) is 14.1. The number of ketones is 1. The van der Waals surface area contributed by atoms with Crippen molar-refractivity contribution in [3.8, 4) is 0 Å². The number of carbonyl (C=O) groups excluding carboxylic acids is 1. The Bertz CT molecular complexity index is 375. The van der Waals surface area contributed by atoms with Crippen molar-refractivity contribution in [2.24, 2.45) is 5.92 Å². The van der Waals surface area contributed by atoms with E-state index in [1.54, 1.807) is 34.6 Å². The Labute approximate surface area is 121 Å². The molecular formula is C14H27O5P. The maximum absolute atomic E-state index is 12.7. The van der Waals surface area contributed by atoms with E-state index in [0.717, 1.165) is 0 Å². The summed E-state index contributed by atoms with van der Waals surface area (Å²) < 4.78 is 23.5. The number of hydrogen-bond acceptors (Lipinski definition) is 5. The van der Waals surface area contributed by atoms with E-state index in [0.29, 0.717) is 5.57 Å². The topological polar surface area (TPSA) is 72.8 Å². The molecule has 0 spiro atoms. The van der Waals surface area contributed by atoms with E-state index < -0.39 is 19.6 Å². The van der Waals surface area contributed by atoms with Crippen molar-refractivity contribution in [3.63, 3.8) is 0 Å². The van der Waals surface area contributed by atoms with Crippen molar-refractivity contribution in [2.45, 2.75) is 59.9 Å². The molecule has 0 aliphatic heterocycles. The van der Waals surface area contributed by atoms with Crippen molar-refractivity contribution < 1.29 is 23.5 Å². The molecule has 6 heteroatoms. The smallest absolute Gasteiger partial charge is 0.332 e. The quantitative estimate of drug-likeness (QED) is 0.523. The van der Waals surface area contributed by atoms with Gasteiger partial charge in [0.15, 0.2) is 0 Å². The predicted molar refractivity (Wildman–Crippen MR) is 79.9 cm³/mol. The predicted octanol–water partition coefficient (Wildman–Crippen LogP) is 3.17. The zero-order valence-electron chi connectivity index (χ0n) is 13.3. The molecule has 0 aliphatic carbocycles. The molecule has 0 saturated heterocycles. The molecule has 0 aliphatic rings. The van der Waals surface area contributed by atoms with Crippen molar-refractivity contribution in [1.82, 2.24) is 0 Å². The van der Waals surface area contributed by atoms with Gasteiger partial charge in [-0.05, 0) is 41.5 Å². The van der Waals surface area contributed by atoms with Crippen molar-refractivity contribution >= 4 is 13.4 Å². The van der Waals surface area contributed by atoms with Crippen LogP contribution in [0.4, 0.5) is 0 Å². The lowest BCUT2D eigenvalue weighted by molar-refractivity contribution is -0.122. The van der Waals surface area contributed by atoms with Crippen LogP contribution in [-0.4, -0.2) is 35.4 Å².